The van der Waals surface area contributed by atoms with Gasteiger partial charge in [0, 0.05) is 11.4 Å². The van der Waals surface area contributed by atoms with Crippen molar-refractivity contribution in [3.63, 3.8) is 0 Å². The summed E-state index contributed by atoms with van der Waals surface area (Å²) in [6, 6.07) is 8.63. The number of nitrogens with zero attached hydrogens (tertiary/aromatic N) is 1. The Morgan fingerprint density at radius 3 is 2.94 bits per heavy atom. The van der Waals surface area contributed by atoms with Crippen LogP contribution >= 0.6 is 11.8 Å². The van der Waals surface area contributed by atoms with Crippen LogP contribution in [-0.4, -0.2) is 28.2 Å². The zero-order valence-corrected chi connectivity index (χ0v) is 10.3. The van der Waals surface area contributed by atoms with Crippen molar-refractivity contribution in [3.8, 4) is 0 Å². The molecular formula is C13H15NOS. The third-order valence-corrected chi connectivity index (χ3v) is 5.08. The number of hydrogen-bond donors (Lipinski definition) is 1. The van der Waals surface area contributed by atoms with Crippen LogP contribution in [0.15, 0.2) is 29.8 Å². The maximum absolute atomic E-state index is 10.2. The first-order valence-corrected chi connectivity index (χ1v) is 6.56. The standard InChI is InChI=1S/C13H15NOS/c1-8-12(15)10-6-4-3-5-9(10)11-13(8)16-7-14(11)2/h3-6,11,13,15H,7H2,1-2H3. The number of thioether (sulfide) groups is 1. The van der Waals surface area contributed by atoms with Crippen molar-refractivity contribution < 1.29 is 5.11 Å². The molecule has 1 aromatic carbocycles. The average molecular weight is 233 g/mol. The van der Waals surface area contributed by atoms with Crippen molar-refractivity contribution in [2.24, 2.45) is 0 Å². The number of hydrogen-bond acceptors (Lipinski definition) is 3. The van der Waals surface area contributed by atoms with Crippen LogP contribution in [0.2, 0.25) is 0 Å². The van der Waals surface area contributed by atoms with E-state index >= 15 is 0 Å². The molecule has 2 nitrogen and oxygen atoms in total. The fraction of sp³-hybridized carbons (Fsp3) is 0.385. The molecule has 1 aliphatic heterocycles. The molecule has 3 rings (SSSR count). The molecular weight excluding hydrogens is 218 g/mol. The quantitative estimate of drug-likeness (QED) is 0.745. The molecule has 2 unspecified atom stereocenters. The highest BCUT2D eigenvalue weighted by Crippen LogP contribution is 2.48. The largest absolute Gasteiger partial charge is 0.507 e. The van der Waals surface area contributed by atoms with Gasteiger partial charge in [-0.15, -0.1) is 11.8 Å². The molecule has 1 aliphatic carbocycles. The van der Waals surface area contributed by atoms with Gasteiger partial charge in [0.2, 0.25) is 0 Å². The van der Waals surface area contributed by atoms with Gasteiger partial charge in [-0.05, 0) is 25.1 Å². The van der Waals surface area contributed by atoms with E-state index in [1.807, 2.05) is 23.9 Å². The van der Waals surface area contributed by atoms with Crippen LogP contribution in [0.1, 0.15) is 24.1 Å². The average Bonchev–Trinajstić information content (AvgIpc) is 2.69. The molecule has 1 fully saturated rings. The molecule has 0 bridgehead atoms. The Kier molecular flexibility index (Phi) is 2.26. The summed E-state index contributed by atoms with van der Waals surface area (Å²) in [6.45, 7) is 2.05. The van der Waals surface area contributed by atoms with Crippen molar-refractivity contribution in [3.05, 3.63) is 41.0 Å². The monoisotopic (exact) mass is 233 g/mol. The Morgan fingerprint density at radius 2 is 2.12 bits per heavy atom. The van der Waals surface area contributed by atoms with Crippen LogP contribution in [0.5, 0.6) is 0 Å². The molecule has 0 aromatic heterocycles. The topological polar surface area (TPSA) is 23.5 Å². The molecule has 1 N–H and O–H groups in total. The van der Waals surface area contributed by atoms with E-state index in [2.05, 4.69) is 31.0 Å². The van der Waals surface area contributed by atoms with Crippen molar-refractivity contribution in [2.45, 2.75) is 18.2 Å². The number of benzene rings is 1. The fourth-order valence-electron chi connectivity index (χ4n) is 2.68. The molecule has 1 heterocycles. The highest BCUT2D eigenvalue weighted by atomic mass is 32.2. The molecule has 0 radical (unpaired) electrons. The minimum atomic E-state index is 0.417. The summed E-state index contributed by atoms with van der Waals surface area (Å²) >= 11 is 1.92. The van der Waals surface area contributed by atoms with E-state index in [1.54, 1.807) is 0 Å². The zero-order chi connectivity index (χ0) is 11.3. The number of fused-ring (bicyclic) bond motifs is 3. The first-order chi connectivity index (χ1) is 7.70. The molecule has 3 heteroatoms. The van der Waals surface area contributed by atoms with Gasteiger partial charge in [0.25, 0.3) is 0 Å². The lowest BCUT2D eigenvalue weighted by atomic mass is 9.86. The molecule has 16 heavy (non-hydrogen) atoms. The summed E-state index contributed by atoms with van der Waals surface area (Å²) < 4.78 is 0. The first-order valence-electron chi connectivity index (χ1n) is 5.51. The number of aliphatic hydroxyl groups excluding tert-OH is 1. The molecule has 0 saturated carbocycles. The predicted molar refractivity (Wildman–Crippen MR) is 68.4 cm³/mol. The van der Waals surface area contributed by atoms with Crippen molar-refractivity contribution in [2.75, 3.05) is 12.9 Å². The molecule has 0 spiro atoms. The first kappa shape index (κ1) is 10.2. The van der Waals surface area contributed by atoms with Gasteiger partial charge in [-0.3, -0.25) is 4.90 Å². The van der Waals surface area contributed by atoms with Crippen molar-refractivity contribution in [1.29, 1.82) is 0 Å². The third kappa shape index (κ3) is 1.25. The Morgan fingerprint density at radius 1 is 1.38 bits per heavy atom. The van der Waals surface area contributed by atoms with E-state index in [1.165, 1.54) is 5.56 Å². The SMILES string of the molecule is CC1=C(O)c2ccccc2C2C1SCN2C. The number of aliphatic hydroxyl groups is 1. The lowest BCUT2D eigenvalue weighted by Gasteiger charge is -2.31. The number of rotatable bonds is 0. The second-order valence-electron chi connectivity index (χ2n) is 4.54. The summed E-state index contributed by atoms with van der Waals surface area (Å²) in [5.41, 5.74) is 3.40. The van der Waals surface area contributed by atoms with E-state index < -0.39 is 0 Å². The van der Waals surface area contributed by atoms with Gasteiger partial charge in [-0.2, -0.15) is 0 Å². The summed E-state index contributed by atoms with van der Waals surface area (Å²) in [5, 5.41) is 10.6. The highest BCUT2D eigenvalue weighted by Gasteiger charge is 2.40. The Bertz CT molecular complexity index is 469. The lowest BCUT2D eigenvalue weighted by Crippen LogP contribution is -2.28. The second-order valence-corrected chi connectivity index (χ2v) is 5.64. The Balaban J connectivity index is 2.22. The van der Waals surface area contributed by atoms with Crippen LogP contribution in [0.3, 0.4) is 0 Å². The molecule has 84 valence electrons. The third-order valence-electron chi connectivity index (χ3n) is 3.55. The molecule has 2 atom stereocenters. The second kappa shape index (κ2) is 3.54. The van der Waals surface area contributed by atoms with Crippen LogP contribution in [0.4, 0.5) is 0 Å². The lowest BCUT2D eigenvalue weighted by molar-refractivity contribution is 0.305. The molecule has 2 aliphatic rings. The smallest absolute Gasteiger partial charge is 0.123 e. The summed E-state index contributed by atoms with van der Waals surface area (Å²) in [7, 11) is 2.16. The summed E-state index contributed by atoms with van der Waals surface area (Å²) in [5.74, 6) is 1.52. The Labute approximate surface area is 100.0 Å². The molecule has 1 aromatic rings. The van der Waals surface area contributed by atoms with Crippen LogP contribution < -0.4 is 0 Å². The van der Waals surface area contributed by atoms with E-state index in [4.69, 9.17) is 0 Å². The van der Waals surface area contributed by atoms with Crippen LogP contribution in [0.25, 0.3) is 5.76 Å². The van der Waals surface area contributed by atoms with Gasteiger partial charge in [-0.1, -0.05) is 24.3 Å². The molecule has 0 amide bonds. The van der Waals surface area contributed by atoms with Crippen LogP contribution in [0, 0.1) is 0 Å². The predicted octanol–water partition coefficient (Wildman–Crippen LogP) is 3.04. The van der Waals surface area contributed by atoms with E-state index in [-0.39, 0.29) is 0 Å². The maximum Gasteiger partial charge on any atom is 0.123 e. The van der Waals surface area contributed by atoms with E-state index in [0.717, 1.165) is 17.0 Å². The van der Waals surface area contributed by atoms with Gasteiger partial charge < -0.3 is 5.11 Å². The van der Waals surface area contributed by atoms with E-state index in [0.29, 0.717) is 17.1 Å². The normalized spacial score (nSPS) is 29.1. The maximum atomic E-state index is 10.2. The Hall–Kier alpha value is -0.930. The molecule has 1 saturated heterocycles. The van der Waals surface area contributed by atoms with Crippen molar-refractivity contribution in [1.82, 2.24) is 4.90 Å². The van der Waals surface area contributed by atoms with Gasteiger partial charge in [0.15, 0.2) is 0 Å². The van der Waals surface area contributed by atoms with Gasteiger partial charge in [-0.25, -0.2) is 0 Å². The minimum Gasteiger partial charge on any atom is -0.507 e. The fourth-order valence-corrected chi connectivity index (χ4v) is 4.14. The highest BCUT2D eigenvalue weighted by molar-refractivity contribution is 8.00. The van der Waals surface area contributed by atoms with Gasteiger partial charge in [0.05, 0.1) is 11.3 Å². The van der Waals surface area contributed by atoms with Crippen molar-refractivity contribution >= 4 is 17.5 Å². The minimum absolute atomic E-state index is 0.417. The summed E-state index contributed by atoms with van der Waals surface area (Å²) in [6.07, 6.45) is 0. The van der Waals surface area contributed by atoms with E-state index in [9.17, 15) is 5.11 Å². The van der Waals surface area contributed by atoms with Gasteiger partial charge in [0.1, 0.15) is 5.76 Å². The zero-order valence-electron chi connectivity index (χ0n) is 9.47. The summed E-state index contributed by atoms with van der Waals surface area (Å²) in [4.78, 5) is 2.37. The van der Waals surface area contributed by atoms with Crippen LogP contribution in [-0.2, 0) is 0 Å². The van der Waals surface area contributed by atoms with Gasteiger partial charge >= 0.3 is 0 Å².